The Labute approximate surface area is 134 Å². The number of para-hydroxylation sites is 1. The minimum atomic E-state index is -3.59. The zero-order chi connectivity index (χ0) is 16.7. The van der Waals surface area contributed by atoms with Gasteiger partial charge in [0.2, 0.25) is 20.0 Å². The molecule has 7 nitrogen and oxygen atoms in total. The fourth-order valence-corrected chi connectivity index (χ4v) is 4.02. The lowest BCUT2D eigenvalue weighted by Crippen LogP contribution is -2.13. The van der Waals surface area contributed by atoms with E-state index in [4.69, 9.17) is 4.74 Å². The predicted octanol–water partition coefficient (Wildman–Crippen LogP) is 1.64. The van der Waals surface area contributed by atoms with E-state index in [1.54, 1.807) is 30.3 Å². The van der Waals surface area contributed by atoms with Gasteiger partial charge in [0.15, 0.2) is 5.75 Å². The molecule has 0 amide bonds. The van der Waals surface area contributed by atoms with Gasteiger partial charge in [-0.05, 0) is 23.8 Å². The highest BCUT2D eigenvalue weighted by Crippen LogP contribution is 2.36. The molecule has 3 rings (SSSR count). The molecule has 0 radical (unpaired) electrons. The fraction of sp³-hybridized carbons (Fsp3) is 0.143. The number of hydrogen-bond donors (Lipinski definition) is 2. The van der Waals surface area contributed by atoms with Crippen LogP contribution in [0.3, 0.4) is 0 Å². The van der Waals surface area contributed by atoms with Crippen molar-refractivity contribution >= 4 is 25.7 Å². The third kappa shape index (κ3) is 3.46. The first kappa shape index (κ1) is 15.8. The lowest BCUT2D eigenvalue weighted by Gasteiger charge is -2.13. The van der Waals surface area contributed by atoms with E-state index in [0.717, 1.165) is 6.26 Å². The Kier molecular flexibility index (Phi) is 3.78. The Hall–Kier alpha value is -2.10. The maximum atomic E-state index is 11.9. The van der Waals surface area contributed by atoms with Crippen LogP contribution in [0.5, 0.6) is 11.5 Å². The first-order valence-corrected chi connectivity index (χ1v) is 9.99. The zero-order valence-electron chi connectivity index (χ0n) is 12.1. The molecule has 0 unspecified atom stereocenters. The minimum absolute atomic E-state index is 0.0856. The number of nitrogens with one attached hydrogen (secondary N) is 2. The van der Waals surface area contributed by atoms with Gasteiger partial charge < -0.3 is 4.74 Å². The summed E-state index contributed by atoms with van der Waals surface area (Å²) in [7, 11) is -7.13. The summed E-state index contributed by atoms with van der Waals surface area (Å²) in [5, 5.41) is 0. The number of benzene rings is 2. The van der Waals surface area contributed by atoms with Crippen molar-refractivity contribution in [1.82, 2.24) is 4.72 Å². The smallest absolute Gasteiger partial charge is 0.241 e. The molecule has 0 atom stereocenters. The predicted molar refractivity (Wildman–Crippen MR) is 85.5 cm³/mol. The van der Waals surface area contributed by atoms with E-state index in [0.29, 0.717) is 11.3 Å². The summed E-state index contributed by atoms with van der Waals surface area (Å²) in [5.74, 6) is 0.583. The number of fused-ring (bicyclic) bond motifs is 1. The SMILES string of the molecule is CS(=O)(=O)Nc1cc2c(cc1Oc1ccccc1)S(=O)(=O)NC2. The molecular weight excluding hydrogens is 340 g/mol. The molecule has 0 aliphatic carbocycles. The lowest BCUT2D eigenvalue weighted by molar-refractivity contribution is 0.483. The molecule has 0 saturated heterocycles. The normalized spacial score (nSPS) is 15.9. The Morgan fingerprint density at radius 2 is 1.87 bits per heavy atom. The first-order valence-electron chi connectivity index (χ1n) is 6.62. The number of sulfonamides is 2. The largest absolute Gasteiger partial charge is 0.455 e. The molecule has 23 heavy (non-hydrogen) atoms. The van der Waals surface area contributed by atoms with Crippen molar-refractivity contribution in [3.63, 3.8) is 0 Å². The van der Waals surface area contributed by atoms with Crippen molar-refractivity contribution in [3.05, 3.63) is 48.0 Å². The molecule has 9 heteroatoms. The molecule has 1 aliphatic rings. The lowest BCUT2D eigenvalue weighted by atomic mass is 10.2. The molecule has 0 bridgehead atoms. The van der Waals surface area contributed by atoms with Crippen LogP contribution in [0.4, 0.5) is 5.69 Å². The van der Waals surface area contributed by atoms with Gasteiger partial charge in [-0.3, -0.25) is 4.72 Å². The average Bonchev–Trinajstić information content (AvgIpc) is 2.74. The van der Waals surface area contributed by atoms with Crippen molar-refractivity contribution in [1.29, 1.82) is 0 Å². The zero-order valence-corrected chi connectivity index (χ0v) is 13.7. The number of anilines is 1. The summed E-state index contributed by atoms with van der Waals surface area (Å²) in [4.78, 5) is 0.0856. The van der Waals surface area contributed by atoms with Crippen LogP contribution in [0.2, 0.25) is 0 Å². The van der Waals surface area contributed by atoms with Gasteiger partial charge in [-0.2, -0.15) is 0 Å². The van der Waals surface area contributed by atoms with Crippen LogP contribution in [-0.4, -0.2) is 23.1 Å². The quantitative estimate of drug-likeness (QED) is 0.869. The molecule has 0 fully saturated rings. The van der Waals surface area contributed by atoms with Crippen molar-refractivity contribution in [2.75, 3.05) is 11.0 Å². The highest BCUT2D eigenvalue weighted by Gasteiger charge is 2.28. The first-order chi connectivity index (χ1) is 10.7. The highest BCUT2D eigenvalue weighted by molar-refractivity contribution is 7.92. The van der Waals surface area contributed by atoms with E-state index < -0.39 is 20.0 Å². The third-order valence-corrected chi connectivity index (χ3v) is 5.25. The van der Waals surface area contributed by atoms with E-state index in [1.165, 1.54) is 12.1 Å². The molecule has 122 valence electrons. The number of hydrogen-bond acceptors (Lipinski definition) is 5. The van der Waals surface area contributed by atoms with E-state index in [2.05, 4.69) is 9.44 Å². The molecule has 2 aromatic carbocycles. The molecule has 1 heterocycles. The molecule has 0 saturated carbocycles. The van der Waals surface area contributed by atoms with Crippen LogP contribution in [-0.2, 0) is 26.6 Å². The van der Waals surface area contributed by atoms with Crippen LogP contribution in [0.25, 0.3) is 0 Å². The molecule has 1 aliphatic heterocycles. The van der Waals surface area contributed by atoms with Gasteiger partial charge in [0.25, 0.3) is 0 Å². The Morgan fingerprint density at radius 3 is 2.52 bits per heavy atom. The molecule has 2 aromatic rings. The fourth-order valence-electron chi connectivity index (χ4n) is 2.22. The van der Waals surface area contributed by atoms with Crippen LogP contribution in [0.1, 0.15) is 5.56 Å². The Bertz CT molecular complexity index is 954. The van der Waals surface area contributed by atoms with Crippen LogP contribution < -0.4 is 14.2 Å². The maximum Gasteiger partial charge on any atom is 0.241 e. The molecule has 0 spiro atoms. The van der Waals surface area contributed by atoms with Crippen molar-refractivity contribution in [2.45, 2.75) is 11.4 Å². The van der Waals surface area contributed by atoms with Crippen molar-refractivity contribution in [2.24, 2.45) is 0 Å². The highest BCUT2D eigenvalue weighted by atomic mass is 32.2. The van der Waals surface area contributed by atoms with Gasteiger partial charge in [0, 0.05) is 12.6 Å². The Morgan fingerprint density at radius 1 is 1.17 bits per heavy atom. The maximum absolute atomic E-state index is 11.9. The second kappa shape index (κ2) is 5.52. The monoisotopic (exact) mass is 354 g/mol. The molecular formula is C14H14N2O5S2. The van der Waals surface area contributed by atoms with Gasteiger partial charge >= 0.3 is 0 Å². The van der Waals surface area contributed by atoms with Gasteiger partial charge in [0.05, 0.1) is 16.8 Å². The van der Waals surface area contributed by atoms with Gasteiger partial charge in [-0.15, -0.1) is 0 Å². The summed E-state index contributed by atoms with van der Waals surface area (Å²) in [6.45, 7) is 0.113. The summed E-state index contributed by atoms with van der Waals surface area (Å²) < 4.78 is 57.4. The van der Waals surface area contributed by atoms with E-state index in [-0.39, 0.29) is 22.9 Å². The van der Waals surface area contributed by atoms with Gasteiger partial charge in [-0.25, -0.2) is 21.6 Å². The second-order valence-electron chi connectivity index (χ2n) is 5.07. The number of rotatable bonds is 4. The van der Waals surface area contributed by atoms with E-state index in [1.807, 2.05) is 0 Å². The van der Waals surface area contributed by atoms with Gasteiger partial charge in [-0.1, -0.05) is 18.2 Å². The summed E-state index contributed by atoms with van der Waals surface area (Å²) in [6, 6.07) is 11.5. The number of ether oxygens (including phenoxy) is 1. The average molecular weight is 354 g/mol. The topological polar surface area (TPSA) is 102 Å². The third-order valence-electron chi connectivity index (χ3n) is 3.17. The van der Waals surface area contributed by atoms with E-state index >= 15 is 0 Å². The van der Waals surface area contributed by atoms with Crippen molar-refractivity contribution < 1.29 is 21.6 Å². The standard InChI is InChI=1S/C14H14N2O5S2/c1-22(17,18)16-12-7-10-9-15-23(19,20)14(10)8-13(12)21-11-5-3-2-4-6-11/h2-8,15-16H,9H2,1H3. The van der Waals surface area contributed by atoms with Crippen molar-refractivity contribution in [3.8, 4) is 11.5 Å². The molecule has 0 aromatic heterocycles. The van der Waals surface area contributed by atoms with Crippen LogP contribution in [0.15, 0.2) is 47.4 Å². The van der Waals surface area contributed by atoms with Crippen LogP contribution >= 0.6 is 0 Å². The summed E-state index contributed by atoms with van der Waals surface area (Å²) in [6.07, 6.45) is 1.02. The summed E-state index contributed by atoms with van der Waals surface area (Å²) in [5.41, 5.74) is 0.672. The van der Waals surface area contributed by atoms with Gasteiger partial charge in [0.1, 0.15) is 5.75 Å². The molecule has 2 N–H and O–H groups in total. The summed E-state index contributed by atoms with van der Waals surface area (Å²) >= 11 is 0. The Balaban J connectivity index is 2.11. The van der Waals surface area contributed by atoms with E-state index in [9.17, 15) is 16.8 Å². The second-order valence-corrected chi connectivity index (χ2v) is 8.55. The minimum Gasteiger partial charge on any atom is -0.455 e. The van der Waals surface area contributed by atoms with Crippen LogP contribution in [0, 0.1) is 0 Å².